The maximum Gasteiger partial charge on any atom is 0.171 e. The van der Waals surface area contributed by atoms with Crippen molar-refractivity contribution in [2.45, 2.75) is 13.5 Å². The molecule has 1 aromatic heterocycles. The summed E-state index contributed by atoms with van der Waals surface area (Å²) in [6, 6.07) is 11.7. The molecule has 1 aromatic carbocycles. The van der Waals surface area contributed by atoms with Crippen molar-refractivity contribution >= 4 is 23.3 Å². The first kappa shape index (κ1) is 15.1. The van der Waals surface area contributed by atoms with E-state index in [4.69, 9.17) is 22.5 Å². The van der Waals surface area contributed by atoms with Crippen LogP contribution < -0.4 is 10.6 Å². The number of pyridine rings is 1. The number of aromatic nitrogens is 1. The summed E-state index contributed by atoms with van der Waals surface area (Å²) < 4.78 is 0. The molecule has 0 spiro atoms. The highest BCUT2D eigenvalue weighted by Gasteiger charge is 2.16. The summed E-state index contributed by atoms with van der Waals surface area (Å²) in [4.78, 5) is 6.36. The lowest BCUT2D eigenvalue weighted by molar-refractivity contribution is 0.318. The molecule has 0 unspecified atom stereocenters. The molecule has 0 radical (unpaired) electrons. The van der Waals surface area contributed by atoms with Gasteiger partial charge < -0.3 is 15.8 Å². The van der Waals surface area contributed by atoms with Gasteiger partial charge in [0.2, 0.25) is 0 Å². The molecule has 0 atom stereocenters. The first-order valence-electron chi connectivity index (χ1n) is 6.58. The fourth-order valence-electron chi connectivity index (χ4n) is 2.05. The highest BCUT2D eigenvalue weighted by Crippen LogP contribution is 2.27. The van der Waals surface area contributed by atoms with Gasteiger partial charge in [0.05, 0.1) is 5.02 Å². The molecule has 0 fully saturated rings. The Balaban J connectivity index is 2.35. The van der Waals surface area contributed by atoms with Crippen molar-refractivity contribution in [3.05, 3.63) is 58.7 Å². The minimum Gasteiger partial charge on any atom is -0.409 e. The number of amidine groups is 1. The van der Waals surface area contributed by atoms with Crippen LogP contribution in [0.2, 0.25) is 5.02 Å². The fourth-order valence-corrected chi connectivity index (χ4v) is 2.37. The predicted molar refractivity (Wildman–Crippen MR) is 84.9 cm³/mol. The van der Waals surface area contributed by atoms with Gasteiger partial charge in [-0.1, -0.05) is 47.1 Å². The van der Waals surface area contributed by atoms with Gasteiger partial charge in [0, 0.05) is 24.8 Å². The quantitative estimate of drug-likeness (QED) is 0.385. The summed E-state index contributed by atoms with van der Waals surface area (Å²) in [5.41, 5.74) is 7.25. The highest BCUT2D eigenvalue weighted by atomic mass is 35.5. The Kier molecular flexibility index (Phi) is 5.00. The summed E-state index contributed by atoms with van der Waals surface area (Å²) in [5, 5.41) is 12.2. The number of rotatable bonds is 5. The van der Waals surface area contributed by atoms with Gasteiger partial charge in [0.15, 0.2) is 5.84 Å². The second-order valence-corrected chi connectivity index (χ2v) is 4.86. The molecule has 21 heavy (non-hydrogen) atoms. The fraction of sp³-hybridized carbons (Fsp3) is 0.200. The zero-order valence-corrected chi connectivity index (χ0v) is 12.5. The summed E-state index contributed by atoms with van der Waals surface area (Å²) >= 11 is 6.35. The minimum atomic E-state index is -0.0283. The molecule has 0 bridgehead atoms. The normalized spacial score (nSPS) is 11.4. The number of nitrogens with two attached hydrogens (primary N) is 1. The van der Waals surface area contributed by atoms with Gasteiger partial charge >= 0.3 is 0 Å². The van der Waals surface area contributed by atoms with Crippen molar-refractivity contribution in [1.82, 2.24) is 4.98 Å². The van der Waals surface area contributed by atoms with Crippen LogP contribution in [0.25, 0.3) is 0 Å². The van der Waals surface area contributed by atoms with Gasteiger partial charge in [-0.05, 0) is 18.6 Å². The Hall–Kier alpha value is -2.27. The van der Waals surface area contributed by atoms with Crippen LogP contribution in [0, 0.1) is 0 Å². The SMILES string of the molecule is CCN(Cc1ccccc1)c1nccc(/C(N)=N/O)c1Cl. The molecule has 0 aliphatic rings. The Labute approximate surface area is 128 Å². The van der Waals surface area contributed by atoms with Crippen molar-refractivity contribution in [2.75, 3.05) is 11.4 Å². The lowest BCUT2D eigenvalue weighted by Gasteiger charge is -2.23. The lowest BCUT2D eigenvalue weighted by atomic mass is 10.2. The van der Waals surface area contributed by atoms with Gasteiger partial charge in [-0.3, -0.25) is 0 Å². The van der Waals surface area contributed by atoms with Gasteiger partial charge in [-0.15, -0.1) is 0 Å². The molecule has 0 aliphatic carbocycles. The van der Waals surface area contributed by atoms with Crippen LogP contribution in [0.5, 0.6) is 0 Å². The Morgan fingerprint density at radius 2 is 2.05 bits per heavy atom. The van der Waals surface area contributed by atoms with E-state index in [0.717, 1.165) is 12.1 Å². The zero-order chi connectivity index (χ0) is 15.2. The first-order chi connectivity index (χ1) is 10.2. The van der Waals surface area contributed by atoms with E-state index >= 15 is 0 Å². The molecular formula is C15H17ClN4O. The van der Waals surface area contributed by atoms with Crippen LogP contribution in [-0.2, 0) is 6.54 Å². The van der Waals surface area contributed by atoms with Crippen molar-refractivity contribution in [3.63, 3.8) is 0 Å². The predicted octanol–water partition coefficient (Wildman–Crippen LogP) is 2.86. The van der Waals surface area contributed by atoms with E-state index in [1.54, 1.807) is 12.3 Å². The van der Waals surface area contributed by atoms with E-state index in [-0.39, 0.29) is 5.84 Å². The molecule has 0 saturated carbocycles. The van der Waals surface area contributed by atoms with E-state index in [2.05, 4.69) is 10.1 Å². The molecule has 0 saturated heterocycles. The number of benzene rings is 1. The second kappa shape index (κ2) is 6.95. The van der Waals surface area contributed by atoms with Gasteiger partial charge in [-0.2, -0.15) is 0 Å². The van der Waals surface area contributed by atoms with Crippen LogP contribution in [0.1, 0.15) is 18.1 Å². The smallest absolute Gasteiger partial charge is 0.171 e. The monoisotopic (exact) mass is 304 g/mol. The summed E-state index contributed by atoms with van der Waals surface area (Å²) in [7, 11) is 0. The van der Waals surface area contributed by atoms with Gasteiger partial charge in [0.1, 0.15) is 5.82 Å². The van der Waals surface area contributed by atoms with Crippen LogP contribution in [-0.4, -0.2) is 22.6 Å². The number of halogens is 1. The van der Waals surface area contributed by atoms with E-state index < -0.39 is 0 Å². The molecule has 6 heteroatoms. The standard InChI is InChI=1S/C15H17ClN4O/c1-2-20(10-11-6-4-3-5-7-11)15-13(16)12(8-9-18-15)14(17)19-21/h3-9,21H,2,10H2,1H3,(H2,17,19). The summed E-state index contributed by atoms with van der Waals surface area (Å²) in [5.74, 6) is 0.589. The van der Waals surface area contributed by atoms with Crippen LogP contribution in [0.4, 0.5) is 5.82 Å². The maximum absolute atomic E-state index is 8.80. The van der Waals surface area contributed by atoms with Crippen molar-refractivity contribution in [2.24, 2.45) is 10.9 Å². The van der Waals surface area contributed by atoms with Crippen LogP contribution in [0.3, 0.4) is 0 Å². The molecule has 1 heterocycles. The largest absolute Gasteiger partial charge is 0.409 e. The molecule has 3 N–H and O–H groups in total. The lowest BCUT2D eigenvalue weighted by Crippen LogP contribution is -2.24. The van der Waals surface area contributed by atoms with Crippen LogP contribution in [0.15, 0.2) is 47.8 Å². The number of hydrogen-bond donors (Lipinski definition) is 2. The second-order valence-electron chi connectivity index (χ2n) is 4.48. The third kappa shape index (κ3) is 3.44. The summed E-state index contributed by atoms with van der Waals surface area (Å²) in [6.45, 7) is 3.45. The molecule has 2 aromatic rings. The van der Waals surface area contributed by atoms with Crippen molar-refractivity contribution < 1.29 is 5.21 Å². The molecule has 0 amide bonds. The van der Waals surface area contributed by atoms with Crippen molar-refractivity contribution in [3.8, 4) is 0 Å². The number of oxime groups is 1. The third-order valence-electron chi connectivity index (χ3n) is 3.15. The van der Waals surface area contributed by atoms with E-state index in [1.807, 2.05) is 42.2 Å². The minimum absolute atomic E-state index is 0.0283. The molecule has 5 nitrogen and oxygen atoms in total. The Morgan fingerprint density at radius 3 is 2.67 bits per heavy atom. The van der Waals surface area contributed by atoms with Crippen molar-refractivity contribution in [1.29, 1.82) is 0 Å². The third-order valence-corrected chi connectivity index (χ3v) is 3.52. The molecule has 110 valence electrons. The Morgan fingerprint density at radius 1 is 1.33 bits per heavy atom. The average molecular weight is 305 g/mol. The van der Waals surface area contributed by atoms with Gasteiger partial charge in [0.25, 0.3) is 0 Å². The molecular weight excluding hydrogens is 288 g/mol. The van der Waals surface area contributed by atoms with E-state index in [1.165, 1.54) is 0 Å². The topological polar surface area (TPSA) is 74.7 Å². The van der Waals surface area contributed by atoms with Gasteiger partial charge in [-0.25, -0.2) is 4.98 Å². The van der Waals surface area contributed by atoms with E-state index in [0.29, 0.717) is 22.9 Å². The average Bonchev–Trinajstić information content (AvgIpc) is 2.53. The van der Waals surface area contributed by atoms with Crippen LogP contribution >= 0.6 is 11.6 Å². The highest BCUT2D eigenvalue weighted by molar-refractivity contribution is 6.36. The molecule has 0 aliphatic heterocycles. The first-order valence-corrected chi connectivity index (χ1v) is 6.96. The summed E-state index contributed by atoms with van der Waals surface area (Å²) in [6.07, 6.45) is 1.60. The van der Waals surface area contributed by atoms with E-state index in [9.17, 15) is 0 Å². The zero-order valence-electron chi connectivity index (χ0n) is 11.7. The number of hydrogen-bond acceptors (Lipinski definition) is 4. The maximum atomic E-state index is 8.80. The number of nitrogens with zero attached hydrogens (tertiary/aromatic N) is 3. The number of anilines is 1. The molecule has 2 rings (SSSR count). The Bertz CT molecular complexity index is 631.